The Morgan fingerprint density at radius 1 is 1.00 bits per heavy atom. The number of piperazine rings is 1. The molecule has 0 unspecified atom stereocenters. The molecule has 0 spiro atoms. The van der Waals surface area contributed by atoms with Crippen molar-refractivity contribution in [3.63, 3.8) is 0 Å². The molecule has 2 aromatic carbocycles. The second-order valence-corrected chi connectivity index (χ2v) is 10.4. The zero-order valence-electron chi connectivity index (χ0n) is 16.4. The molecule has 30 heavy (non-hydrogen) atoms. The molecule has 0 saturated carbocycles. The largest absolute Gasteiger partial charge is 0.454 e. The number of rotatable bonds is 4. The van der Waals surface area contributed by atoms with Crippen LogP contribution in [-0.4, -0.2) is 55.2 Å². The van der Waals surface area contributed by atoms with Crippen molar-refractivity contribution in [1.82, 2.24) is 13.8 Å². The fraction of sp³-hybridized carbons (Fsp3) is 0.350. The van der Waals surface area contributed by atoms with Gasteiger partial charge >= 0.3 is 4.87 Å². The summed E-state index contributed by atoms with van der Waals surface area (Å²) < 4.78 is 40.7. The van der Waals surface area contributed by atoms with Gasteiger partial charge in [-0.25, -0.2) is 8.42 Å². The molecule has 0 aliphatic carbocycles. The minimum atomic E-state index is -3.60. The monoisotopic (exact) mass is 447 g/mol. The van der Waals surface area contributed by atoms with Gasteiger partial charge in [-0.15, -0.1) is 0 Å². The predicted molar refractivity (Wildman–Crippen MR) is 114 cm³/mol. The number of fused-ring (bicyclic) bond motifs is 2. The lowest BCUT2D eigenvalue weighted by Crippen LogP contribution is -2.48. The van der Waals surface area contributed by atoms with E-state index in [2.05, 4.69) is 4.90 Å². The van der Waals surface area contributed by atoms with E-state index in [9.17, 15) is 13.2 Å². The molecule has 0 N–H and O–H groups in total. The third-order valence-electron chi connectivity index (χ3n) is 5.58. The molecular weight excluding hydrogens is 426 g/mol. The Balaban J connectivity index is 1.28. The van der Waals surface area contributed by atoms with Gasteiger partial charge in [-0.2, -0.15) is 4.31 Å². The number of sulfonamides is 1. The van der Waals surface area contributed by atoms with Crippen LogP contribution in [0.2, 0.25) is 0 Å². The smallest absolute Gasteiger partial charge is 0.307 e. The van der Waals surface area contributed by atoms with E-state index in [0.29, 0.717) is 30.9 Å². The van der Waals surface area contributed by atoms with Gasteiger partial charge < -0.3 is 14.0 Å². The summed E-state index contributed by atoms with van der Waals surface area (Å²) >= 11 is 1.06. The highest BCUT2D eigenvalue weighted by Crippen LogP contribution is 2.33. The number of hydrogen-bond donors (Lipinski definition) is 0. The summed E-state index contributed by atoms with van der Waals surface area (Å²) in [6.45, 7) is 3.13. The van der Waals surface area contributed by atoms with Crippen LogP contribution >= 0.6 is 11.3 Å². The van der Waals surface area contributed by atoms with Gasteiger partial charge in [0.2, 0.25) is 16.8 Å². The number of aryl methyl sites for hydroxylation is 1. The minimum absolute atomic E-state index is 0.100. The molecule has 2 aliphatic heterocycles. The first-order valence-corrected chi connectivity index (χ1v) is 11.9. The van der Waals surface area contributed by atoms with Gasteiger partial charge in [0, 0.05) is 39.8 Å². The molecule has 2 aliphatic rings. The molecule has 10 heteroatoms. The number of ether oxygens (including phenoxy) is 2. The normalized spacial score (nSPS) is 17.6. The van der Waals surface area contributed by atoms with Crippen LogP contribution in [0.4, 0.5) is 0 Å². The Morgan fingerprint density at radius 2 is 1.77 bits per heavy atom. The van der Waals surface area contributed by atoms with E-state index in [1.54, 1.807) is 25.2 Å². The Morgan fingerprint density at radius 3 is 2.57 bits per heavy atom. The van der Waals surface area contributed by atoms with Crippen LogP contribution in [0.3, 0.4) is 0 Å². The van der Waals surface area contributed by atoms with Crippen LogP contribution in [0, 0.1) is 0 Å². The maximum Gasteiger partial charge on any atom is 0.307 e. The maximum atomic E-state index is 13.1. The number of nitrogens with zero attached hydrogens (tertiary/aromatic N) is 3. The van der Waals surface area contributed by atoms with Crippen LogP contribution in [0.1, 0.15) is 5.56 Å². The van der Waals surface area contributed by atoms with E-state index >= 15 is 0 Å². The summed E-state index contributed by atoms with van der Waals surface area (Å²) in [5.74, 6) is 1.52. The van der Waals surface area contributed by atoms with Gasteiger partial charge in [0.15, 0.2) is 11.5 Å². The van der Waals surface area contributed by atoms with Gasteiger partial charge in [-0.05, 0) is 35.9 Å². The van der Waals surface area contributed by atoms with Crippen molar-refractivity contribution >= 4 is 31.6 Å². The number of hydrogen-bond acceptors (Lipinski definition) is 7. The number of benzene rings is 2. The molecule has 8 nitrogen and oxygen atoms in total. The predicted octanol–water partition coefficient (Wildman–Crippen LogP) is 1.84. The van der Waals surface area contributed by atoms with Gasteiger partial charge in [0.25, 0.3) is 0 Å². The maximum absolute atomic E-state index is 13.1. The van der Waals surface area contributed by atoms with Gasteiger partial charge in [0.1, 0.15) is 0 Å². The standard InChI is InChI=1S/C20H21N3O5S2/c1-21-16-4-3-15(11-19(16)29-20(21)24)30(25,26)23-8-6-22(7-9-23)12-14-2-5-17-18(10-14)28-13-27-17/h2-5,10-11H,6-9,12-13H2,1H3. The van der Waals surface area contributed by atoms with E-state index in [-0.39, 0.29) is 16.6 Å². The number of aromatic nitrogens is 1. The molecule has 1 aromatic heterocycles. The van der Waals surface area contributed by atoms with Crippen molar-refractivity contribution in [2.24, 2.45) is 7.05 Å². The van der Waals surface area contributed by atoms with Crippen molar-refractivity contribution in [3.05, 3.63) is 51.6 Å². The van der Waals surface area contributed by atoms with E-state index < -0.39 is 10.0 Å². The first-order chi connectivity index (χ1) is 14.4. The van der Waals surface area contributed by atoms with E-state index in [1.807, 2.05) is 18.2 Å². The van der Waals surface area contributed by atoms with Crippen LogP contribution in [-0.2, 0) is 23.6 Å². The van der Waals surface area contributed by atoms with Gasteiger partial charge in [0.05, 0.1) is 15.1 Å². The highest BCUT2D eigenvalue weighted by atomic mass is 32.2. The molecule has 3 heterocycles. The van der Waals surface area contributed by atoms with Crippen LogP contribution in [0.25, 0.3) is 10.2 Å². The molecule has 0 radical (unpaired) electrons. The quantitative estimate of drug-likeness (QED) is 0.607. The molecule has 3 aromatic rings. The molecule has 158 valence electrons. The van der Waals surface area contributed by atoms with E-state index in [0.717, 1.165) is 40.5 Å². The summed E-state index contributed by atoms with van der Waals surface area (Å²) in [4.78, 5) is 14.2. The molecule has 5 rings (SSSR count). The fourth-order valence-corrected chi connectivity index (χ4v) is 6.29. The number of thiazole rings is 1. The van der Waals surface area contributed by atoms with E-state index in [4.69, 9.17) is 9.47 Å². The topological polar surface area (TPSA) is 81.1 Å². The minimum Gasteiger partial charge on any atom is -0.454 e. The Kier molecular flexibility index (Phi) is 4.81. The highest BCUT2D eigenvalue weighted by molar-refractivity contribution is 7.89. The van der Waals surface area contributed by atoms with Crippen molar-refractivity contribution < 1.29 is 17.9 Å². The van der Waals surface area contributed by atoms with E-state index in [1.165, 1.54) is 8.87 Å². The SMILES string of the molecule is Cn1c(=O)sc2cc(S(=O)(=O)N3CCN(Cc4ccc5c(c4)OCO5)CC3)ccc21. The molecule has 1 fully saturated rings. The van der Waals surface area contributed by atoms with Gasteiger partial charge in [-0.3, -0.25) is 9.69 Å². The lowest BCUT2D eigenvalue weighted by atomic mass is 10.2. The zero-order chi connectivity index (χ0) is 20.9. The summed E-state index contributed by atoms with van der Waals surface area (Å²) in [5.41, 5.74) is 1.86. The van der Waals surface area contributed by atoms with Crippen molar-refractivity contribution in [2.75, 3.05) is 33.0 Å². The second kappa shape index (κ2) is 7.38. The molecule has 0 atom stereocenters. The molecule has 1 saturated heterocycles. The van der Waals surface area contributed by atoms with Crippen LogP contribution in [0.5, 0.6) is 11.5 Å². The summed E-state index contributed by atoms with van der Waals surface area (Å²) in [6, 6.07) is 10.8. The first kappa shape index (κ1) is 19.6. The summed E-state index contributed by atoms with van der Waals surface area (Å²) in [7, 11) is -1.91. The lowest BCUT2D eigenvalue weighted by Gasteiger charge is -2.34. The third kappa shape index (κ3) is 3.39. The second-order valence-electron chi connectivity index (χ2n) is 7.42. The van der Waals surface area contributed by atoms with Crippen LogP contribution < -0.4 is 14.3 Å². The van der Waals surface area contributed by atoms with Crippen molar-refractivity contribution in [1.29, 1.82) is 0 Å². The summed E-state index contributed by atoms with van der Waals surface area (Å²) in [5, 5.41) is 0. The van der Waals surface area contributed by atoms with Gasteiger partial charge in [-0.1, -0.05) is 17.4 Å². The molecular formula is C20H21N3O5S2. The third-order valence-corrected chi connectivity index (χ3v) is 8.47. The summed E-state index contributed by atoms with van der Waals surface area (Å²) in [6.07, 6.45) is 0. The Labute approximate surface area is 177 Å². The Bertz CT molecular complexity index is 1270. The highest BCUT2D eigenvalue weighted by Gasteiger charge is 2.29. The zero-order valence-corrected chi connectivity index (χ0v) is 18.0. The average molecular weight is 448 g/mol. The Hall–Kier alpha value is -2.40. The van der Waals surface area contributed by atoms with Crippen molar-refractivity contribution in [3.8, 4) is 11.5 Å². The fourth-order valence-electron chi connectivity index (χ4n) is 3.85. The molecule has 0 bridgehead atoms. The average Bonchev–Trinajstić information content (AvgIpc) is 3.32. The van der Waals surface area contributed by atoms with Crippen LogP contribution in [0.15, 0.2) is 46.1 Å². The lowest BCUT2D eigenvalue weighted by molar-refractivity contribution is 0.173. The first-order valence-electron chi connectivity index (χ1n) is 9.62. The molecule has 0 amide bonds. The van der Waals surface area contributed by atoms with Crippen molar-refractivity contribution in [2.45, 2.75) is 11.4 Å².